The highest BCUT2D eigenvalue weighted by Gasteiger charge is 2.30. The molecule has 3 aromatic rings. The van der Waals surface area contributed by atoms with Crippen LogP contribution in [0.15, 0.2) is 52.3 Å². The van der Waals surface area contributed by atoms with Crippen LogP contribution in [0.5, 0.6) is 5.88 Å². The molecule has 162 valence electrons. The zero-order valence-corrected chi connectivity index (χ0v) is 18.5. The second-order valence-corrected chi connectivity index (χ2v) is 9.27. The predicted octanol–water partition coefficient (Wildman–Crippen LogP) is 3.59. The zero-order valence-electron chi connectivity index (χ0n) is 17.7. The van der Waals surface area contributed by atoms with Gasteiger partial charge in [-0.2, -0.15) is 0 Å². The van der Waals surface area contributed by atoms with Crippen molar-refractivity contribution in [2.45, 2.75) is 36.0 Å². The minimum Gasteiger partial charge on any atom is -0.480 e. The third kappa shape index (κ3) is 3.61. The first-order valence-corrected chi connectivity index (χ1v) is 11.6. The molecule has 8 heteroatoms. The largest absolute Gasteiger partial charge is 0.480 e. The molecule has 0 N–H and O–H groups in total. The molecule has 0 unspecified atom stereocenters. The molecule has 0 spiro atoms. The van der Waals surface area contributed by atoms with E-state index in [0.717, 1.165) is 29.7 Å². The highest BCUT2D eigenvalue weighted by Crippen LogP contribution is 2.38. The van der Waals surface area contributed by atoms with Crippen LogP contribution >= 0.6 is 0 Å². The number of ether oxygens (including phenoxy) is 2. The van der Waals surface area contributed by atoms with Crippen molar-refractivity contribution in [3.8, 4) is 17.3 Å². The van der Waals surface area contributed by atoms with Gasteiger partial charge in [0.25, 0.3) is 0 Å². The molecule has 31 heavy (non-hydrogen) atoms. The van der Waals surface area contributed by atoms with Crippen molar-refractivity contribution < 1.29 is 22.7 Å². The van der Waals surface area contributed by atoms with E-state index in [1.54, 1.807) is 54.9 Å². The lowest BCUT2D eigenvalue weighted by Gasteiger charge is -2.15. The summed E-state index contributed by atoms with van der Waals surface area (Å²) in [5, 5.41) is 0. The molecule has 2 aromatic heterocycles. The van der Waals surface area contributed by atoms with Gasteiger partial charge in [0.05, 0.1) is 30.0 Å². The van der Waals surface area contributed by atoms with Crippen LogP contribution in [0.1, 0.15) is 35.0 Å². The van der Waals surface area contributed by atoms with Crippen LogP contribution < -0.4 is 4.74 Å². The summed E-state index contributed by atoms with van der Waals surface area (Å²) in [7, 11) is -0.596. The van der Waals surface area contributed by atoms with E-state index in [2.05, 4.69) is 4.98 Å². The molecule has 7 nitrogen and oxygen atoms in total. The molecule has 0 bridgehead atoms. The van der Waals surface area contributed by atoms with E-state index in [9.17, 15) is 13.2 Å². The molecular weight excluding hydrogens is 416 g/mol. The zero-order chi connectivity index (χ0) is 22.2. The lowest BCUT2D eigenvalue weighted by molar-refractivity contribution is 0.0515. The summed E-state index contributed by atoms with van der Waals surface area (Å²) in [4.78, 5) is 17.2. The number of aromatic nitrogens is 2. The molecule has 0 saturated heterocycles. The summed E-state index contributed by atoms with van der Waals surface area (Å²) in [5.41, 5.74) is 3.66. The maximum atomic E-state index is 13.3. The van der Waals surface area contributed by atoms with Gasteiger partial charge in [-0.3, -0.25) is 0 Å². The van der Waals surface area contributed by atoms with Crippen molar-refractivity contribution in [2.75, 3.05) is 13.7 Å². The van der Waals surface area contributed by atoms with Crippen LogP contribution in [-0.2, 0) is 34.5 Å². The Balaban J connectivity index is 1.91. The first kappa shape index (κ1) is 21.1. The van der Waals surface area contributed by atoms with E-state index in [0.29, 0.717) is 17.8 Å². The monoisotopic (exact) mass is 440 g/mol. The lowest BCUT2D eigenvalue weighted by Crippen LogP contribution is -2.12. The van der Waals surface area contributed by atoms with Crippen LogP contribution in [0.3, 0.4) is 0 Å². The van der Waals surface area contributed by atoms with Crippen LogP contribution in [0.4, 0.5) is 0 Å². The van der Waals surface area contributed by atoms with Gasteiger partial charge in [-0.05, 0) is 61.6 Å². The van der Waals surface area contributed by atoms with Gasteiger partial charge in [0.1, 0.15) is 10.6 Å². The number of carbonyl (C=O) groups excluding carboxylic acids is 1. The number of fused-ring (bicyclic) bond motifs is 3. The number of benzene rings is 1. The van der Waals surface area contributed by atoms with Crippen LogP contribution in [0, 0.1) is 0 Å². The second kappa shape index (κ2) is 8.19. The third-order valence-electron chi connectivity index (χ3n) is 5.48. The second-order valence-electron chi connectivity index (χ2n) is 7.36. The summed E-state index contributed by atoms with van der Waals surface area (Å²) in [6.45, 7) is 2.06. The fourth-order valence-electron chi connectivity index (χ4n) is 4.02. The van der Waals surface area contributed by atoms with E-state index in [4.69, 9.17) is 9.47 Å². The molecule has 4 rings (SSSR count). The van der Waals surface area contributed by atoms with Crippen LogP contribution in [-0.4, -0.2) is 37.7 Å². The number of pyridine rings is 1. The minimum atomic E-state index is -3.80. The summed E-state index contributed by atoms with van der Waals surface area (Å²) in [6, 6.07) is 11.7. The van der Waals surface area contributed by atoms with E-state index in [1.807, 2.05) is 6.07 Å². The Hall–Kier alpha value is -3.13. The van der Waals surface area contributed by atoms with Crippen molar-refractivity contribution in [3.05, 3.63) is 59.3 Å². The SMILES string of the molecule is CCOC(=O)c1cc2c(n1C)-c1nc(OC)c(S(=O)(=O)c3ccccc3)cc1CCC2. The Morgan fingerprint density at radius 1 is 1.13 bits per heavy atom. The normalized spacial score (nSPS) is 13.1. The maximum absolute atomic E-state index is 13.3. The molecule has 0 amide bonds. The minimum absolute atomic E-state index is 0.0364. The first-order valence-electron chi connectivity index (χ1n) is 10.1. The van der Waals surface area contributed by atoms with Gasteiger partial charge in [-0.25, -0.2) is 18.2 Å². The quantitative estimate of drug-likeness (QED) is 0.564. The molecule has 0 fully saturated rings. The number of nitrogens with zero attached hydrogens (tertiary/aromatic N) is 2. The number of rotatable bonds is 5. The molecule has 0 aliphatic heterocycles. The summed E-state index contributed by atoms with van der Waals surface area (Å²) < 4.78 is 38.9. The smallest absolute Gasteiger partial charge is 0.354 e. The van der Waals surface area contributed by atoms with Crippen molar-refractivity contribution in [2.24, 2.45) is 7.05 Å². The van der Waals surface area contributed by atoms with Crippen molar-refractivity contribution >= 4 is 15.8 Å². The van der Waals surface area contributed by atoms with Crippen molar-refractivity contribution in [1.82, 2.24) is 9.55 Å². The van der Waals surface area contributed by atoms with E-state index < -0.39 is 15.8 Å². The number of methoxy groups -OCH3 is 1. The van der Waals surface area contributed by atoms with Gasteiger partial charge >= 0.3 is 5.97 Å². The van der Waals surface area contributed by atoms with Gasteiger partial charge in [-0.15, -0.1) is 0 Å². The molecule has 2 heterocycles. The summed E-state index contributed by atoms with van der Waals surface area (Å²) in [6.07, 6.45) is 2.24. The van der Waals surface area contributed by atoms with E-state index >= 15 is 0 Å². The maximum Gasteiger partial charge on any atom is 0.354 e. The highest BCUT2D eigenvalue weighted by atomic mass is 32.2. The topological polar surface area (TPSA) is 87.5 Å². The standard InChI is InChI=1S/C23H24N2O5S/c1-4-30-23(26)18-13-16-10-8-9-15-14-19(31(27,28)17-11-6-5-7-12-17)22(29-3)24-20(15)21(16)25(18)2/h5-7,11-14H,4,8-10H2,1-3H3. The molecule has 1 aromatic carbocycles. The van der Waals surface area contributed by atoms with Gasteiger partial charge in [-0.1, -0.05) is 18.2 Å². The Morgan fingerprint density at radius 3 is 2.52 bits per heavy atom. The van der Waals surface area contributed by atoms with E-state index in [-0.39, 0.29) is 22.3 Å². The van der Waals surface area contributed by atoms with Crippen LogP contribution in [0.25, 0.3) is 11.4 Å². The molecule has 0 saturated carbocycles. The number of sulfone groups is 1. The molecule has 1 aliphatic rings. The van der Waals surface area contributed by atoms with Gasteiger partial charge in [0.2, 0.25) is 15.7 Å². The fourth-order valence-corrected chi connectivity index (χ4v) is 5.44. The number of hydrogen-bond acceptors (Lipinski definition) is 6. The Morgan fingerprint density at radius 2 is 1.84 bits per heavy atom. The Bertz CT molecular complexity index is 1250. The van der Waals surface area contributed by atoms with Gasteiger partial charge < -0.3 is 14.0 Å². The lowest BCUT2D eigenvalue weighted by atomic mass is 10.1. The average molecular weight is 441 g/mol. The Labute approximate surface area is 181 Å². The highest BCUT2D eigenvalue weighted by molar-refractivity contribution is 7.91. The number of hydrogen-bond donors (Lipinski definition) is 0. The number of aryl methyl sites for hydroxylation is 2. The van der Waals surface area contributed by atoms with Crippen LogP contribution in [0.2, 0.25) is 0 Å². The fraction of sp³-hybridized carbons (Fsp3) is 0.304. The molecule has 0 atom stereocenters. The molecular formula is C23H24N2O5S. The average Bonchev–Trinajstić information content (AvgIpc) is 2.99. The first-order chi connectivity index (χ1) is 14.9. The van der Waals surface area contributed by atoms with E-state index in [1.165, 1.54) is 7.11 Å². The number of esters is 1. The van der Waals surface area contributed by atoms with Gasteiger partial charge in [0.15, 0.2) is 0 Å². The predicted molar refractivity (Wildman–Crippen MR) is 115 cm³/mol. The molecule has 1 aliphatic carbocycles. The molecule has 0 radical (unpaired) electrons. The van der Waals surface area contributed by atoms with Crippen molar-refractivity contribution in [1.29, 1.82) is 0 Å². The van der Waals surface area contributed by atoms with Gasteiger partial charge in [0, 0.05) is 7.05 Å². The summed E-state index contributed by atoms with van der Waals surface area (Å²) >= 11 is 0. The van der Waals surface area contributed by atoms with Crippen molar-refractivity contribution in [3.63, 3.8) is 0 Å². The summed E-state index contributed by atoms with van der Waals surface area (Å²) in [5.74, 6) is -0.357. The number of carbonyl (C=O) groups is 1. The Kier molecular flexibility index (Phi) is 5.58. The third-order valence-corrected chi connectivity index (χ3v) is 7.25.